The van der Waals surface area contributed by atoms with Crippen molar-refractivity contribution in [2.75, 3.05) is 11.9 Å². The molecule has 0 unspecified atom stereocenters. The molecule has 0 aliphatic carbocycles. The maximum atomic E-state index is 14.2. The highest BCUT2D eigenvalue weighted by molar-refractivity contribution is 6.35. The van der Waals surface area contributed by atoms with E-state index in [9.17, 15) is 27.2 Å². The average Bonchev–Trinajstić information content (AvgIpc) is 2.79. The molecule has 0 spiro atoms. The standard InChI is InChI=1S/C25H25ClF4N4O3/c1-13-10-15(8-9-37-13)34-20(35)12-24(2,33-23(34)31)17-4-3-5-19(21(17)26)32-22(36)16-11-14(25(28,29)30)6-7-18(16)27/h3-7,11,13,15H,8-10,12H2,1-2H3,(H2,31,33)(H,32,36)/t13-,15-,24+/m1/s1. The van der Waals surface area contributed by atoms with Gasteiger partial charge in [0.1, 0.15) is 5.82 Å². The van der Waals surface area contributed by atoms with Gasteiger partial charge < -0.3 is 15.8 Å². The van der Waals surface area contributed by atoms with Gasteiger partial charge in [-0.2, -0.15) is 13.2 Å². The Morgan fingerprint density at radius 1 is 1.30 bits per heavy atom. The monoisotopic (exact) mass is 540 g/mol. The van der Waals surface area contributed by atoms with Crippen LogP contribution in [0.2, 0.25) is 5.02 Å². The van der Waals surface area contributed by atoms with Crippen LogP contribution in [-0.2, 0) is 21.2 Å². The van der Waals surface area contributed by atoms with Crippen molar-refractivity contribution < 1.29 is 31.9 Å². The highest BCUT2D eigenvalue weighted by Crippen LogP contribution is 2.41. The second-order valence-electron chi connectivity index (χ2n) is 9.36. The highest BCUT2D eigenvalue weighted by Gasteiger charge is 2.42. The van der Waals surface area contributed by atoms with E-state index in [1.807, 2.05) is 6.92 Å². The van der Waals surface area contributed by atoms with E-state index in [1.165, 1.54) is 17.0 Å². The molecule has 3 atom stereocenters. The predicted molar refractivity (Wildman–Crippen MR) is 130 cm³/mol. The van der Waals surface area contributed by atoms with Crippen LogP contribution >= 0.6 is 11.6 Å². The van der Waals surface area contributed by atoms with Crippen molar-refractivity contribution in [1.29, 1.82) is 0 Å². The molecule has 0 bridgehead atoms. The maximum absolute atomic E-state index is 14.2. The number of hydrogen-bond donors (Lipinski definition) is 2. The van der Waals surface area contributed by atoms with Crippen molar-refractivity contribution >= 4 is 35.1 Å². The Hall–Kier alpha value is -3.18. The molecule has 2 amide bonds. The zero-order chi connectivity index (χ0) is 27.1. The first-order chi connectivity index (χ1) is 17.3. The van der Waals surface area contributed by atoms with E-state index in [1.54, 1.807) is 13.0 Å². The number of alkyl halides is 3. The second-order valence-corrected chi connectivity index (χ2v) is 9.74. The number of halogens is 5. The minimum absolute atomic E-state index is 0.00298. The van der Waals surface area contributed by atoms with E-state index < -0.39 is 34.6 Å². The molecule has 3 N–H and O–H groups in total. The number of nitrogens with zero attached hydrogens (tertiary/aromatic N) is 2. The van der Waals surface area contributed by atoms with E-state index >= 15 is 0 Å². The number of amides is 2. The number of rotatable bonds is 4. The Kier molecular flexibility index (Phi) is 7.22. The van der Waals surface area contributed by atoms with Crippen LogP contribution in [0.5, 0.6) is 0 Å². The molecule has 0 saturated carbocycles. The molecule has 7 nitrogen and oxygen atoms in total. The second kappa shape index (κ2) is 9.94. The van der Waals surface area contributed by atoms with Gasteiger partial charge >= 0.3 is 6.18 Å². The van der Waals surface area contributed by atoms with Gasteiger partial charge in [-0.1, -0.05) is 23.7 Å². The first-order valence-electron chi connectivity index (χ1n) is 11.6. The number of hydrogen-bond acceptors (Lipinski definition) is 5. The minimum atomic E-state index is -4.75. The van der Waals surface area contributed by atoms with Gasteiger partial charge in [0.25, 0.3) is 5.91 Å². The molecule has 2 heterocycles. The predicted octanol–water partition coefficient (Wildman–Crippen LogP) is 5.08. The number of ether oxygens (including phenoxy) is 1. The van der Waals surface area contributed by atoms with Gasteiger partial charge in [-0.15, -0.1) is 0 Å². The molecule has 4 rings (SSSR count). The van der Waals surface area contributed by atoms with Crippen molar-refractivity contribution in [3.05, 3.63) is 63.9 Å². The molecule has 0 radical (unpaired) electrons. The molecule has 2 aromatic carbocycles. The van der Waals surface area contributed by atoms with E-state index in [4.69, 9.17) is 22.1 Å². The molecule has 2 aliphatic rings. The zero-order valence-corrected chi connectivity index (χ0v) is 20.8. The number of nitrogens with one attached hydrogen (secondary N) is 1. The molecule has 37 heavy (non-hydrogen) atoms. The van der Waals surface area contributed by atoms with Gasteiger partial charge in [0, 0.05) is 18.2 Å². The number of nitrogens with two attached hydrogens (primary N) is 1. The number of benzene rings is 2. The molecule has 1 saturated heterocycles. The Morgan fingerprint density at radius 2 is 2.03 bits per heavy atom. The molecular formula is C25H25ClF4N4O3. The van der Waals surface area contributed by atoms with Gasteiger partial charge in [-0.05, 0) is 51.0 Å². The third-order valence-corrected chi connectivity index (χ3v) is 6.97. The molecular weight excluding hydrogens is 516 g/mol. The van der Waals surface area contributed by atoms with Crippen LogP contribution < -0.4 is 11.1 Å². The van der Waals surface area contributed by atoms with Crippen LogP contribution in [-0.4, -0.2) is 41.4 Å². The molecule has 0 aromatic heterocycles. The first-order valence-corrected chi connectivity index (χ1v) is 11.9. The van der Waals surface area contributed by atoms with Crippen LogP contribution in [0.25, 0.3) is 0 Å². The molecule has 198 valence electrons. The Morgan fingerprint density at radius 3 is 2.68 bits per heavy atom. The molecule has 12 heteroatoms. The van der Waals surface area contributed by atoms with Gasteiger partial charge in [0.05, 0.1) is 39.9 Å². The Balaban J connectivity index is 1.62. The smallest absolute Gasteiger partial charge is 0.378 e. The van der Waals surface area contributed by atoms with Gasteiger partial charge in [0.2, 0.25) is 5.91 Å². The number of guanidine groups is 1. The van der Waals surface area contributed by atoms with Crippen molar-refractivity contribution in [3.63, 3.8) is 0 Å². The minimum Gasteiger partial charge on any atom is -0.378 e. The average molecular weight is 541 g/mol. The summed E-state index contributed by atoms with van der Waals surface area (Å²) in [5, 5.41) is 2.37. The van der Waals surface area contributed by atoms with E-state index in [0.29, 0.717) is 43.2 Å². The van der Waals surface area contributed by atoms with Crippen LogP contribution in [0.3, 0.4) is 0 Å². The summed E-state index contributed by atoms with van der Waals surface area (Å²) in [5.74, 6) is -2.45. The van der Waals surface area contributed by atoms with Crippen LogP contribution in [0.4, 0.5) is 23.2 Å². The first kappa shape index (κ1) is 26.9. The fraction of sp³-hybridized carbons (Fsp3) is 0.400. The molecule has 2 aromatic rings. The van der Waals surface area contributed by atoms with Crippen LogP contribution in [0.1, 0.15) is 54.6 Å². The summed E-state index contributed by atoms with van der Waals surface area (Å²) in [5.41, 5.74) is 3.49. The summed E-state index contributed by atoms with van der Waals surface area (Å²) in [7, 11) is 0. The molecule has 1 fully saturated rings. The lowest BCUT2D eigenvalue weighted by Gasteiger charge is -2.41. The number of carbonyl (C=O) groups is 2. The lowest BCUT2D eigenvalue weighted by atomic mass is 9.86. The Bertz CT molecular complexity index is 1270. The molecule has 2 aliphatic heterocycles. The number of aliphatic imine (C=N–C) groups is 1. The summed E-state index contributed by atoms with van der Waals surface area (Å²) in [4.78, 5) is 31.9. The van der Waals surface area contributed by atoms with Crippen molar-refractivity contribution in [2.24, 2.45) is 10.7 Å². The Labute approximate surface area is 215 Å². The summed E-state index contributed by atoms with van der Waals surface area (Å²) in [6.45, 7) is 4.09. The summed E-state index contributed by atoms with van der Waals surface area (Å²) < 4.78 is 58.9. The van der Waals surface area contributed by atoms with E-state index in [0.717, 1.165) is 0 Å². The number of carbonyl (C=O) groups excluding carboxylic acids is 2. The third kappa shape index (κ3) is 5.42. The largest absolute Gasteiger partial charge is 0.416 e. The summed E-state index contributed by atoms with van der Waals surface area (Å²) in [6.07, 6.45) is -3.59. The SMILES string of the molecule is C[C@@H]1C[C@H](N2C(=O)C[C@@](C)(c3cccc(NC(=O)c4cc(C(F)(F)F)ccc4F)c3Cl)N=C2N)CCO1. The van der Waals surface area contributed by atoms with Crippen LogP contribution in [0, 0.1) is 5.82 Å². The number of anilines is 1. The highest BCUT2D eigenvalue weighted by atomic mass is 35.5. The lowest BCUT2D eigenvalue weighted by Crippen LogP contribution is -2.56. The van der Waals surface area contributed by atoms with Gasteiger partial charge in [-0.3, -0.25) is 14.5 Å². The fourth-order valence-electron chi connectivity index (χ4n) is 4.72. The van der Waals surface area contributed by atoms with Crippen molar-refractivity contribution in [2.45, 2.75) is 57.0 Å². The van der Waals surface area contributed by atoms with Crippen LogP contribution in [0.15, 0.2) is 41.4 Å². The fourth-order valence-corrected chi connectivity index (χ4v) is 5.10. The zero-order valence-electron chi connectivity index (χ0n) is 20.0. The summed E-state index contributed by atoms with van der Waals surface area (Å²) in [6, 6.07) is 5.96. The quantitative estimate of drug-likeness (QED) is 0.529. The summed E-state index contributed by atoms with van der Waals surface area (Å²) >= 11 is 6.57. The van der Waals surface area contributed by atoms with E-state index in [-0.39, 0.29) is 41.1 Å². The normalized spacial score (nSPS) is 24.6. The topological polar surface area (TPSA) is 97.0 Å². The lowest BCUT2D eigenvalue weighted by molar-refractivity contribution is -0.137. The van der Waals surface area contributed by atoms with E-state index in [2.05, 4.69) is 10.3 Å². The van der Waals surface area contributed by atoms with Gasteiger partial charge in [-0.25, -0.2) is 9.38 Å². The van der Waals surface area contributed by atoms with Gasteiger partial charge in [0.15, 0.2) is 5.96 Å². The van der Waals surface area contributed by atoms with Crippen molar-refractivity contribution in [1.82, 2.24) is 4.90 Å². The third-order valence-electron chi connectivity index (χ3n) is 6.56. The maximum Gasteiger partial charge on any atom is 0.416 e. The van der Waals surface area contributed by atoms with Crippen molar-refractivity contribution in [3.8, 4) is 0 Å².